The molecule has 160 valence electrons. The third kappa shape index (κ3) is 6.02. The van der Waals surface area contributed by atoms with Gasteiger partial charge in [0.05, 0.1) is 25.7 Å². The molecule has 0 unspecified atom stereocenters. The van der Waals surface area contributed by atoms with Gasteiger partial charge in [0, 0.05) is 15.1 Å². The lowest BCUT2D eigenvalue weighted by atomic mass is 10.1. The third-order valence-corrected chi connectivity index (χ3v) is 5.95. The molecule has 0 radical (unpaired) electrons. The molecule has 0 atom stereocenters. The van der Waals surface area contributed by atoms with Crippen molar-refractivity contribution in [3.05, 3.63) is 76.8 Å². The van der Waals surface area contributed by atoms with Crippen LogP contribution in [0.2, 0.25) is 0 Å². The summed E-state index contributed by atoms with van der Waals surface area (Å²) < 4.78 is 11.4. The van der Waals surface area contributed by atoms with E-state index in [1.165, 1.54) is 26.0 Å². The van der Waals surface area contributed by atoms with Gasteiger partial charge >= 0.3 is 0 Å². The Morgan fingerprint density at radius 1 is 0.903 bits per heavy atom. The Morgan fingerprint density at radius 3 is 2.26 bits per heavy atom. The summed E-state index contributed by atoms with van der Waals surface area (Å²) in [6.45, 7) is 0. The van der Waals surface area contributed by atoms with E-state index < -0.39 is 0 Å². The second-order valence-corrected chi connectivity index (χ2v) is 8.24. The molecule has 3 aromatic rings. The van der Waals surface area contributed by atoms with Gasteiger partial charge in [-0.3, -0.25) is 9.59 Å². The summed E-state index contributed by atoms with van der Waals surface area (Å²) in [5.41, 5.74) is 1.65. The molecule has 2 N–H and O–H groups in total. The standard InChI is InChI=1S/C23H21BrN2O4S/c1-29-19-11-6-12-20(30-2)22(19)23(28)25-15-7-5-8-16(13-15)31-14-21(27)26-18-10-4-3-9-17(18)24/h3-13H,14H2,1-2H3,(H,25,28)(H,26,27). The molecule has 0 saturated heterocycles. The van der Waals surface area contributed by atoms with Gasteiger partial charge in [0.25, 0.3) is 5.91 Å². The number of benzene rings is 3. The Labute approximate surface area is 193 Å². The van der Waals surface area contributed by atoms with Crippen molar-refractivity contribution in [2.24, 2.45) is 0 Å². The Bertz CT molecular complexity index is 1070. The van der Waals surface area contributed by atoms with Crippen LogP contribution in [0.5, 0.6) is 11.5 Å². The molecule has 0 aliphatic carbocycles. The fourth-order valence-corrected chi connectivity index (χ4v) is 3.97. The number of methoxy groups -OCH3 is 2. The van der Waals surface area contributed by atoms with E-state index in [1.807, 2.05) is 42.5 Å². The van der Waals surface area contributed by atoms with E-state index in [9.17, 15) is 9.59 Å². The molecule has 3 rings (SSSR count). The van der Waals surface area contributed by atoms with Crippen LogP contribution in [-0.2, 0) is 4.79 Å². The lowest BCUT2D eigenvalue weighted by Crippen LogP contribution is -2.15. The summed E-state index contributed by atoms with van der Waals surface area (Å²) in [6.07, 6.45) is 0. The van der Waals surface area contributed by atoms with Crippen molar-refractivity contribution < 1.29 is 19.1 Å². The fourth-order valence-electron chi connectivity index (χ4n) is 2.83. The number of nitrogens with one attached hydrogen (secondary N) is 2. The van der Waals surface area contributed by atoms with Gasteiger partial charge in [-0.1, -0.05) is 24.3 Å². The zero-order chi connectivity index (χ0) is 22.2. The second-order valence-electron chi connectivity index (χ2n) is 6.34. The molecule has 0 heterocycles. The number of carbonyl (C=O) groups is 2. The molecule has 3 aromatic carbocycles. The average Bonchev–Trinajstić information content (AvgIpc) is 2.78. The van der Waals surface area contributed by atoms with Gasteiger partial charge in [0.2, 0.25) is 5.91 Å². The quantitative estimate of drug-likeness (QED) is 0.402. The van der Waals surface area contributed by atoms with E-state index in [2.05, 4.69) is 26.6 Å². The van der Waals surface area contributed by atoms with E-state index in [0.717, 1.165) is 15.1 Å². The molecule has 8 heteroatoms. The Hall–Kier alpha value is -2.97. The van der Waals surface area contributed by atoms with Crippen LogP contribution in [0.15, 0.2) is 76.1 Å². The van der Waals surface area contributed by atoms with Gasteiger partial charge in [-0.2, -0.15) is 0 Å². The normalized spacial score (nSPS) is 10.3. The van der Waals surface area contributed by atoms with Crippen molar-refractivity contribution in [2.45, 2.75) is 4.90 Å². The highest BCUT2D eigenvalue weighted by molar-refractivity contribution is 9.10. The summed E-state index contributed by atoms with van der Waals surface area (Å²) in [5.74, 6) is 0.615. The summed E-state index contributed by atoms with van der Waals surface area (Å²) in [6, 6.07) is 19.9. The summed E-state index contributed by atoms with van der Waals surface area (Å²) in [4.78, 5) is 26.0. The van der Waals surface area contributed by atoms with Gasteiger partial charge in [-0.15, -0.1) is 11.8 Å². The summed E-state index contributed by atoms with van der Waals surface area (Å²) >= 11 is 4.79. The van der Waals surface area contributed by atoms with Crippen LogP contribution in [0.1, 0.15) is 10.4 Å². The first-order valence-electron chi connectivity index (χ1n) is 9.31. The molecule has 0 saturated carbocycles. The Kier molecular flexibility index (Phi) is 7.97. The average molecular weight is 501 g/mol. The highest BCUT2D eigenvalue weighted by Gasteiger charge is 2.18. The summed E-state index contributed by atoms with van der Waals surface area (Å²) in [5, 5.41) is 5.73. The highest BCUT2D eigenvalue weighted by atomic mass is 79.9. The first-order valence-corrected chi connectivity index (χ1v) is 11.1. The summed E-state index contributed by atoms with van der Waals surface area (Å²) in [7, 11) is 3.00. The topological polar surface area (TPSA) is 76.7 Å². The van der Waals surface area contributed by atoms with Gasteiger partial charge in [0.15, 0.2) is 0 Å². The van der Waals surface area contributed by atoms with E-state index in [0.29, 0.717) is 22.7 Å². The number of para-hydroxylation sites is 1. The lowest BCUT2D eigenvalue weighted by molar-refractivity contribution is -0.113. The number of anilines is 2. The first kappa shape index (κ1) is 22.7. The van der Waals surface area contributed by atoms with Crippen LogP contribution in [0.25, 0.3) is 0 Å². The number of amides is 2. The van der Waals surface area contributed by atoms with Crippen molar-refractivity contribution in [2.75, 3.05) is 30.6 Å². The molecular weight excluding hydrogens is 480 g/mol. The van der Waals surface area contributed by atoms with E-state index in [1.54, 1.807) is 24.3 Å². The maximum Gasteiger partial charge on any atom is 0.263 e. The van der Waals surface area contributed by atoms with Crippen LogP contribution < -0.4 is 20.1 Å². The monoisotopic (exact) mass is 500 g/mol. The molecule has 0 bridgehead atoms. The molecule has 2 amide bonds. The molecule has 0 fully saturated rings. The molecule has 6 nitrogen and oxygen atoms in total. The van der Waals surface area contributed by atoms with Gasteiger partial charge in [-0.05, 0) is 58.4 Å². The van der Waals surface area contributed by atoms with Crippen molar-refractivity contribution in [1.29, 1.82) is 0 Å². The van der Waals surface area contributed by atoms with Crippen LogP contribution >= 0.6 is 27.7 Å². The first-order chi connectivity index (χ1) is 15.0. The Morgan fingerprint density at radius 2 is 1.58 bits per heavy atom. The van der Waals surface area contributed by atoms with Crippen molar-refractivity contribution in [3.63, 3.8) is 0 Å². The lowest BCUT2D eigenvalue weighted by Gasteiger charge is -2.13. The SMILES string of the molecule is COc1cccc(OC)c1C(=O)Nc1cccc(SCC(=O)Nc2ccccc2Br)c1. The van der Waals surface area contributed by atoms with Crippen LogP contribution in [0.3, 0.4) is 0 Å². The molecule has 0 aliphatic rings. The minimum Gasteiger partial charge on any atom is -0.496 e. The predicted octanol–water partition coefficient (Wildman–Crippen LogP) is 5.45. The maximum absolute atomic E-state index is 12.8. The van der Waals surface area contributed by atoms with E-state index >= 15 is 0 Å². The third-order valence-electron chi connectivity index (χ3n) is 4.26. The fraction of sp³-hybridized carbons (Fsp3) is 0.130. The van der Waals surface area contributed by atoms with Crippen molar-refractivity contribution in [1.82, 2.24) is 0 Å². The largest absolute Gasteiger partial charge is 0.496 e. The molecule has 31 heavy (non-hydrogen) atoms. The number of hydrogen-bond acceptors (Lipinski definition) is 5. The van der Waals surface area contributed by atoms with Crippen LogP contribution in [0, 0.1) is 0 Å². The minimum atomic E-state index is -0.344. The second kappa shape index (κ2) is 10.9. The van der Waals surface area contributed by atoms with Crippen LogP contribution in [-0.4, -0.2) is 31.8 Å². The molecule has 0 spiro atoms. The number of thioether (sulfide) groups is 1. The Balaban J connectivity index is 1.65. The predicted molar refractivity (Wildman–Crippen MR) is 127 cm³/mol. The smallest absolute Gasteiger partial charge is 0.263 e. The zero-order valence-corrected chi connectivity index (χ0v) is 19.4. The minimum absolute atomic E-state index is 0.120. The number of hydrogen-bond donors (Lipinski definition) is 2. The number of ether oxygens (including phenoxy) is 2. The number of carbonyl (C=O) groups excluding carboxylic acids is 2. The molecular formula is C23H21BrN2O4S. The maximum atomic E-state index is 12.8. The van der Waals surface area contributed by atoms with Crippen LogP contribution in [0.4, 0.5) is 11.4 Å². The zero-order valence-electron chi connectivity index (χ0n) is 17.0. The number of halogens is 1. The van der Waals surface area contributed by atoms with Crippen molar-refractivity contribution in [3.8, 4) is 11.5 Å². The number of rotatable bonds is 8. The van der Waals surface area contributed by atoms with E-state index in [4.69, 9.17) is 9.47 Å². The molecule has 0 aromatic heterocycles. The van der Waals surface area contributed by atoms with Gasteiger partial charge < -0.3 is 20.1 Å². The van der Waals surface area contributed by atoms with Gasteiger partial charge in [0.1, 0.15) is 17.1 Å². The highest BCUT2D eigenvalue weighted by Crippen LogP contribution is 2.30. The van der Waals surface area contributed by atoms with E-state index in [-0.39, 0.29) is 17.6 Å². The van der Waals surface area contributed by atoms with Gasteiger partial charge in [-0.25, -0.2) is 0 Å². The van der Waals surface area contributed by atoms with Crippen molar-refractivity contribution >= 4 is 50.9 Å². The molecule has 0 aliphatic heterocycles.